The Hall–Kier alpha value is -2.81. The number of thioether (sulfide) groups is 1. The number of phenols is 1. The van der Waals surface area contributed by atoms with Crippen LogP contribution in [0, 0.1) is 11.7 Å². The molecule has 35 heavy (non-hydrogen) atoms. The molecule has 0 unspecified atom stereocenters. The summed E-state index contributed by atoms with van der Waals surface area (Å²) < 4.78 is 29.1. The summed E-state index contributed by atoms with van der Waals surface area (Å²) in [6, 6.07) is 6.49. The number of halogens is 2. The van der Waals surface area contributed by atoms with E-state index >= 15 is 0 Å². The van der Waals surface area contributed by atoms with Crippen LogP contribution < -0.4 is 4.90 Å². The molecule has 0 radical (unpaired) electrons. The molecule has 0 amide bonds. The molecule has 3 atom stereocenters. The first-order chi connectivity index (χ1) is 17.0. The lowest BCUT2D eigenvalue weighted by molar-refractivity contribution is 0.166. The molecule has 0 saturated heterocycles. The molecule has 0 spiro atoms. The van der Waals surface area contributed by atoms with Gasteiger partial charge in [0.15, 0.2) is 17.5 Å². The highest BCUT2D eigenvalue weighted by molar-refractivity contribution is 7.98. The van der Waals surface area contributed by atoms with Crippen LogP contribution in [0.2, 0.25) is 0 Å². The average molecular weight is 498 g/mol. The molecule has 2 heterocycles. The van der Waals surface area contributed by atoms with E-state index < -0.39 is 12.0 Å². The van der Waals surface area contributed by atoms with Crippen LogP contribution in [0.3, 0.4) is 0 Å². The summed E-state index contributed by atoms with van der Waals surface area (Å²) in [6.45, 7) is 2.17. The molecule has 2 aromatic heterocycles. The van der Waals surface area contributed by atoms with Gasteiger partial charge in [-0.3, -0.25) is 0 Å². The number of phenolic OH excluding ortho intramolecular Hbond substituents is 1. The van der Waals surface area contributed by atoms with E-state index in [0.29, 0.717) is 39.9 Å². The van der Waals surface area contributed by atoms with Crippen LogP contribution in [0.15, 0.2) is 41.7 Å². The molecule has 6 nitrogen and oxygen atoms in total. The molecular formula is C26H29F2N5OS. The Labute approximate surface area is 208 Å². The van der Waals surface area contributed by atoms with E-state index in [9.17, 15) is 13.9 Å². The Morgan fingerprint density at radius 1 is 1.06 bits per heavy atom. The number of rotatable bonds is 7. The summed E-state index contributed by atoms with van der Waals surface area (Å²) in [6.07, 6.45) is 9.57. The highest BCUT2D eigenvalue weighted by Gasteiger charge is 2.41. The number of hydrogen-bond donors (Lipinski definition) is 1. The predicted octanol–water partition coefficient (Wildman–Crippen LogP) is 6.05. The molecule has 184 valence electrons. The van der Waals surface area contributed by atoms with E-state index in [-0.39, 0.29) is 23.7 Å². The van der Waals surface area contributed by atoms with Gasteiger partial charge in [-0.05, 0) is 68.0 Å². The second-order valence-electron chi connectivity index (χ2n) is 9.40. The molecule has 9 heteroatoms. The van der Waals surface area contributed by atoms with Gasteiger partial charge in [-0.2, -0.15) is 0 Å². The van der Waals surface area contributed by atoms with Crippen molar-refractivity contribution in [2.75, 3.05) is 11.2 Å². The molecule has 0 bridgehead atoms. The SMILES string of the molecule is CC[C@@H]1CC[C@H](F)[C@H](N(c2cnc(-c3ccc(-c4cnc(SC)c(F)c4)cc3O)nn2)C2CC2)C1. The van der Waals surface area contributed by atoms with Crippen molar-refractivity contribution in [3.63, 3.8) is 0 Å². The third-order valence-electron chi connectivity index (χ3n) is 7.10. The Bertz CT molecular complexity index is 1190. The zero-order valence-corrected chi connectivity index (χ0v) is 20.7. The van der Waals surface area contributed by atoms with Gasteiger partial charge < -0.3 is 10.0 Å². The largest absolute Gasteiger partial charge is 0.507 e. The van der Waals surface area contributed by atoms with Crippen LogP contribution in [-0.4, -0.2) is 49.8 Å². The van der Waals surface area contributed by atoms with Crippen LogP contribution in [0.25, 0.3) is 22.5 Å². The number of nitrogens with zero attached hydrogens (tertiary/aromatic N) is 5. The van der Waals surface area contributed by atoms with Gasteiger partial charge in [0.25, 0.3) is 0 Å². The second-order valence-corrected chi connectivity index (χ2v) is 10.2. The maximum absolute atomic E-state index is 15.0. The van der Waals surface area contributed by atoms with Gasteiger partial charge in [-0.1, -0.05) is 19.4 Å². The zero-order valence-electron chi connectivity index (χ0n) is 19.9. The highest BCUT2D eigenvalue weighted by Crippen LogP contribution is 2.40. The van der Waals surface area contributed by atoms with Crippen molar-refractivity contribution in [3.05, 3.63) is 42.5 Å². The number of hydrogen-bond acceptors (Lipinski definition) is 7. The van der Waals surface area contributed by atoms with Crippen LogP contribution >= 0.6 is 11.8 Å². The van der Waals surface area contributed by atoms with Crippen LogP contribution in [0.1, 0.15) is 45.4 Å². The van der Waals surface area contributed by atoms with Crippen molar-refractivity contribution in [1.82, 2.24) is 20.2 Å². The normalized spacial score (nSPS) is 22.2. The van der Waals surface area contributed by atoms with E-state index in [1.54, 1.807) is 36.8 Å². The smallest absolute Gasteiger partial charge is 0.185 e. The molecule has 2 fully saturated rings. The number of aromatic nitrogens is 4. The number of aromatic hydroxyl groups is 1. The van der Waals surface area contributed by atoms with Gasteiger partial charge in [-0.15, -0.1) is 22.0 Å². The number of benzene rings is 1. The van der Waals surface area contributed by atoms with E-state index in [1.807, 2.05) is 0 Å². The Balaban J connectivity index is 1.38. The van der Waals surface area contributed by atoms with E-state index in [4.69, 9.17) is 0 Å². The van der Waals surface area contributed by atoms with Crippen molar-refractivity contribution in [2.45, 2.75) is 68.7 Å². The fourth-order valence-electron chi connectivity index (χ4n) is 4.98. The van der Waals surface area contributed by atoms with E-state index in [2.05, 4.69) is 32.0 Å². The zero-order chi connectivity index (χ0) is 24.5. The minimum Gasteiger partial charge on any atom is -0.507 e. The quantitative estimate of drug-likeness (QED) is 0.398. The fraction of sp³-hybridized carbons (Fsp3) is 0.462. The van der Waals surface area contributed by atoms with Crippen molar-refractivity contribution >= 4 is 17.6 Å². The number of anilines is 1. The Morgan fingerprint density at radius 3 is 2.51 bits per heavy atom. The maximum atomic E-state index is 15.0. The second kappa shape index (κ2) is 10.0. The van der Waals surface area contributed by atoms with Crippen LogP contribution in [0.5, 0.6) is 5.75 Å². The predicted molar refractivity (Wildman–Crippen MR) is 134 cm³/mol. The molecular weight excluding hydrogens is 468 g/mol. The third-order valence-corrected chi connectivity index (χ3v) is 7.79. The average Bonchev–Trinajstić information content (AvgIpc) is 3.71. The summed E-state index contributed by atoms with van der Waals surface area (Å²) in [7, 11) is 0. The monoisotopic (exact) mass is 497 g/mol. The standard InChI is InChI=1S/C26H29F2N5OS/c1-3-15-4-9-20(27)22(10-15)33(18-6-7-18)24-14-29-25(32-31-24)19-8-5-16(12-23(19)34)17-11-21(28)26(35-2)30-13-17/h5,8,11-15,18,20,22,34H,3-4,6-7,9-10H2,1-2H3/t15-,20+,22-/m1/s1. The first kappa shape index (κ1) is 23.9. The number of pyridine rings is 1. The van der Waals surface area contributed by atoms with Gasteiger partial charge in [0.2, 0.25) is 0 Å². The first-order valence-corrected chi connectivity index (χ1v) is 13.4. The Kier molecular flexibility index (Phi) is 6.86. The van der Waals surface area contributed by atoms with Crippen LogP contribution in [0.4, 0.5) is 14.6 Å². The molecule has 3 aromatic rings. The van der Waals surface area contributed by atoms with Gasteiger partial charge in [0.05, 0.1) is 17.8 Å². The molecule has 1 aromatic carbocycles. The van der Waals surface area contributed by atoms with Crippen molar-refractivity contribution in [3.8, 4) is 28.3 Å². The fourth-order valence-corrected chi connectivity index (χ4v) is 5.39. The third kappa shape index (κ3) is 4.96. The molecule has 5 rings (SSSR count). The lowest BCUT2D eigenvalue weighted by Crippen LogP contribution is -2.47. The van der Waals surface area contributed by atoms with E-state index in [1.165, 1.54) is 17.8 Å². The van der Waals surface area contributed by atoms with Crippen LogP contribution in [-0.2, 0) is 0 Å². The van der Waals surface area contributed by atoms with E-state index in [0.717, 1.165) is 32.1 Å². The van der Waals surface area contributed by atoms with Crippen molar-refractivity contribution in [1.29, 1.82) is 0 Å². The summed E-state index contributed by atoms with van der Waals surface area (Å²) in [5.74, 6) is 0.965. The summed E-state index contributed by atoms with van der Waals surface area (Å²) >= 11 is 1.24. The maximum Gasteiger partial charge on any atom is 0.185 e. The lowest BCUT2D eigenvalue weighted by atomic mass is 9.82. The minimum atomic E-state index is -0.874. The Morgan fingerprint density at radius 2 is 1.89 bits per heavy atom. The van der Waals surface area contributed by atoms with Gasteiger partial charge in [0.1, 0.15) is 16.9 Å². The molecule has 2 aliphatic rings. The van der Waals surface area contributed by atoms with Gasteiger partial charge in [0, 0.05) is 17.8 Å². The molecule has 1 N–H and O–H groups in total. The molecule has 0 aliphatic heterocycles. The number of alkyl halides is 1. The lowest BCUT2D eigenvalue weighted by Gasteiger charge is -2.40. The highest BCUT2D eigenvalue weighted by atomic mass is 32.2. The topological polar surface area (TPSA) is 75.0 Å². The minimum absolute atomic E-state index is 0.0349. The first-order valence-electron chi connectivity index (χ1n) is 12.1. The summed E-state index contributed by atoms with van der Waals surface area (Å²) in [4.78, 5) is 10.7. The van der Waals surface area contributed by atoms with Crippen molar-refractivity contribution in [2.24, 2.45) is 5.92 Å². The molecule has 2 aliphatic carbocycles. The van der Waals surface area contributed by atoms with Gasteiger partial charge >= 0.3 is 0 Å². The summed E-state index contributed by atoms with van der Waals surface area (Å²) in [5.41, 5.74) is 1.62. The summed E-state index contributed by atoms with van der Waals surface area (Å²) in [5, 5.41) is 19.7. The van der Waals surface area contributed by atoms with Crippen molar-refractivity contribution < 1.29 is 13.9 Å². The molecule has 2 saturated carbocycles. The van der Waals surface area contributed by atoms with Gasteiger partial charge in [-0.25, -0.2) is 18.7 Å².